The third kappa shape index (κ3) is 3.84. The molecule has 22 heavy (non-hydrogen) atoms. The molecule has 1 heterocycles. The Kier molecular flexibility index (Phi) is 5.15. The zero-order valence-electron chi connectivity index (χ0n) is 12.9. The highest BCUT2D eigenvalue weighted by Gasteiger charge is 2.16. The maximum Gasteiger partial charge on any atom is 0.340 e. The lowest BCUT2D eigenvalue weighted by Gasteiger charge is -2.11. The van der Waals surface area contributed by atoms with E-state index < -0.39 is 0 Å². The number of hydrogen-bond donors (Lipinski definition) is 2. The Labute approximate surface area is 139 Å². The van der Waals surface area contributed by atoms with Gasteiger partial charge in [0.05, 0.1) is 12.7 Å². The minimum Gasteiger partial charge on any atom is -0.465 e. The Hall–Kier alpha value is -1.92. The number of benzene rings is 1. The van der Waals surface area contributed by atoms with E-state index in [1.165, 1.54) is 29.6 Å². The molecule has 2 N–H and O–H groups in total. The van der Waals surface area contributed by atoms with Gasteiger partial charge in [-0.3, -0.25) is 0 Å². The summed E-state index contributed by atoms with van der Waals surface area (Å²) in [4.78, 5) is 12.8. The lowest BCUT2D eigenvalue weighted by Crippen LogP contribution is -2.20. The zero-order chi connectivity index (χ0) is 16.3. The Morgan fingerprint density at radius 2 is 1.86 bits per heavy atom. The van der Waals surface area contributed by atoms with E-state index in [1.54, 1.807) is 6.07 Å². The summed E-state index contributed by atoms with van der Waals surface area (Å²) < 4.78 is 4.78. The van der Waals surface area contributed by atoms with E-state index in [4.69, 9.17) is 17.0 Å². The van der Waals surface area contributed by atoms with Crippen LogP contribution in [0.3, 0.4) is 0 Å². The molecule has 0 amide bonds. The van der Waals surface area contributed by atoms with Crippen molar-refractivity contribution < 1.29 is 9.53 Å². The lowest BCUT2D eigenvalue weighted by atomic mass is 10.1. The van der Waals surface area contributed by atoms with Crippen LogP contribution in [0.15, 0.2) is 24.3 Å². The molecule has 1 aromatic heterocycles. The largest absolute Gasteiger partial charge is 0.465 e. The van der Waals surface area contributed by atoms with Crippen LogP contribution in [0.5, 0.6) is 0 Å². The van der Waals surface area contributed by atoms with Crippen molar-refractivity contribution in [3.8, 4) is 0 Å². The van der Waals surface area contributed by atoms with Gasteiger partial charge in [-0.1, -0.05) is 6.07 Å². The summed E-state index contributed by atoms with van der Waals surface area (Å²) in [5.41, 5.74) is 3.82. The van der Waals surface area contributed by atoms with Crippen LogP contribution in [0.25, 0.3) is 0 Å². The fourth-order valence-electron chi connectivity index (χ4n) is 1.95. The number of esters is 1. The number of rotatable bonds is 3. The third-order valence-electron chi connectivity index (χ3n) is 3.25. The second-order valence-corrected chi connectivity index (χ2v) is 6.63. The molecule has 0 saturated heterocycles. The Morgan fingerprint density at radius 3 is 2.50 bits per heavy atom. The average Bonchev–Trinajstić information content (AvgIpc) is 2.82. The Balaban J connectivity index is 2.12. The summed E-state index contributed by atoms with van der Waals surface area (Å²) in [6, 6.07) is 7.83. The first-order valence-electron chi connectivity index (χ1n) is 6.74. The number of methoxy groups -OCH3 is 1. The maximum atomic E-state index is 11.8. The molecule has 0 aliphatic carbocycles. The minimum absolute atomic E-state index is 0.374. The molecule has 0 spiro atoms. The Bertz CT molecular complexity index is 723. The molecule has 4 nitrogen and oxygen atoms in total. The predicted molar refractivity (Wildman–Crippen MR) is 96.2 cm³/mol. The highest BCUT2D eigenvalue weighted by atomic mass is 32.1. The fourth-order valence-corrected chi connectivity index (χ4v) is 3.14. The first-order chi connectivity index (χ1) is 10.4. The maximum absolute atomic E-state index is 11.8. The van der Waals surface area contributed by atoms with Crippen molar-refractivity contribution in [2.24, 2.45) is 0 Å². The second kappa shape index (κ2) is 6.89. The molecule has 0 bridgehead atoms. The van der Waals surface area contributed by atoms with E-state index in [-0.39, 0.29) is 5.97 Å². The topological polar surface area (TPSA) is 50.4 Å². The van der Waals surface area contributed by atoms with Crippen molar-refractivity contribution in [2.75, 3.05) is 17.7 Å². The van der Waals surface area contributed by atoms with Crippen LogP contribution in [0.4, 0.5) is 10.7 Å². The van der Waals surface area contributed by atoms with Crippen molar-refractivity contribution in [1.82, 2.24) is 0 Å². The van der Waals surface area contributed by atoms with Crippen LogP contribution in [0.2, 0.25) is 0 Å². The van der Waals surface area contributed by atoms with Gasteiger partial charge in [0.1, 0.15) is 5.00 Å². The number of thiophene rings is 1. The van der Waals surface area contributed by atoms with E-state index in [1.807, 2.05) is 25.1 Å². The first kappa shape index (κ1) is 16.5. The van der Waals surface area contributed by atoms with Crippen LogP contribution >= 0.6 is 23.6 Å². The van der Waals surface area contributed by atoms with Gasteiger partial charge in [0.2, 0.25) is 0 Å². The van der Waals surface area contributed by atoms with Gasteiger partial charge in [-0.25, -0.2) is 4.79 Å². The minimum atomic E-state index is -0.374. The third-order valence-corrected chi connectivity index (χ3v) is 4.42. The van der Waals surface area contributed by atoms with Crippen molar-refractivity contribution in [1.29, 1.82) is 0 Å². The number of carbonyl (C=O) groups is 1. The van der Waals surface area contributed by atoms with Gasteiger partial charge < -0.3 is 15.4 Å². The lowest BCUT2D eigenvalue weighted by molar-refractivity contribution is 0.0602. The van der Waals surface area contributed by atoms with Gasteiger partial charge in [0.15, 0.2) is 5.11 Å². The van der Waals surface area contributed by atoms with E-state index in [0.29, 0.717) is 15.7 Å². The molecular formula is C16H18N2O2S2. The summed E-state index contributed by atoms with van der Waals surface area (Å²) in [6.07, 6.45) is 0. The highest BCUT2D eigenvalue weighted by Crippen LogP contribution is 2.28. The number of ether oxygens (including phenoxy) is 1. The molecule has 0 fully saturated rings. The van der Waals surface area contributed by atoms with Crippen LogP contribution in [0.1, 0.15) is 26.4 Å². The smallest absolute Gasteiger partial charge is 0.340 e. The summed E-state index contributed by atoms with van der Waals surface area (Å²) in [7, 11) is 1.37. The van der Waals surface area contributed by atoms with Crippen LogP contribution in [-0.2, 0) is 4.74 Å². The Morgan fingerprint density at radius 1 is 1.14 bits per heavy atom. The molecular weight excluding hydrogens is 316 g/mol. The SMILES string of the molecule is COC(=O)c1cc(C)sc1NC(=S)Nc1ccc(C)c(C)c1. The number of anilines is 2. The van der Waals surface area contributed by atoms with Crippen LogP contribution in [-0.4, -0.2) is 18.2 Å². The van der Waals surface area contributed by atoms with Gasteiger partial charge in [-0.05, 0) is 62.3 Å². The first-order valence-corrected chi connectivity index (χ1v) is 7.97. The molecule has 0 aliphatic heterocycles. The molecule has 1 aromatic carbocycles. The van der Waals surface area contributed by atoms with Gasteiger partial charge >= 0.3 is 5.97 Å². The number of hydrogen-bond acceptors (Lipinski definition) is 4. The molecule has 0 atom stereocenters. The van der Waals surface area contributed by atoms with E-state index in [0.717, 1.165) is 10.6 Å². The molecule has 0 saturated carbocycles. The molecule has 116 valence electrons. The summed E-state index contributed by atoms with van der Waals surface area (Å²) >= 11 is 6.78. The summed E-state index contributed by atoms with van der Waals surface area (Å²) in [5.74, 6) is -0.374. The number of thiocarbonyl (C=S) groups is 1. The fraction of sp³-hybridized carbons (Fsp3) is 0.250. The molecule has 2 rings (SSSR count). The van der Waals surface area contributed by atoms with Crippen LogP contribution in [0, 0.1) is 20.8 Å². The van der Waals surface area contributed by atoms with Gasteiger partial charge in [-0.2, -0.15) is 0 Å². The quantitative estimate of drug-likeness (QED) is 0.648. The van der Waals surface area contributed by atoms with Crippen molar-refractivity contribution in [3.05, 3.63) is 45.8 Å². The summed E-state index contributed by atoms with van der Waals surface area (Å²) in [6.45, 7) is 6.05. The summed E-state index contributed by atoms with van der Waals surface area (Å²) in [5, 5.41) is 7.32. The second-order valence-electron chi connectivity index (χ2n) is 4.97. The van der Waals surface area contributed by atoms with Crippen LogP contribution < -0.4 is 10.6 Å². The molecule has 2 aromatic rings. The monoisotopic (exact) mass is 334 g/mol. The number of aryl methyl sites for hydroxylation is 3. The van der Waals surface area contributed by atoms with Crippen molar-refractivity contribution in [2.45, 2.75) is 20.8 Å². The van der Waals surface area contributed by atoms with Gasteiger partial charge in [-0.15, -0.1) is 11.3 Å². The number of nitrogens with one attached hydrogen (secondary N) is 2. The standard InChI is InChI=1S/C16H18N2O2S2/c1-9-5-6-12(7-10(9)2)17-16(21)18-14-13(15(19)20-4)8-11(3)22-14/h5-8H,1-4H3,(H2,17,18,21). The van der Waals surface area contributed by atoms with E-state index >= 15 is 0 Å². The molecule has 0 unspecified atom stereocenters. The van der Waals surface area contributed by atoms with Crippen molar-refractivity contribution in [3.63, 3.8) is 0 Å². The van der Waals surface area contributed by atoms with Gasteiger partial charge in [0, 0.05) is 10.6 Å². The number of carbonyl (C=O) groups excluding carboxylic acids is 1. The average molecular weight is 334 g/mol. The van der Waals surface area contributed by atoms with Gasteiger partial charge in [0.25, 0.3) is 0 Å². The van der Waals surface area contributed by atoms with E-state index in [2.05, 4.69) is 24.5 Å². The normalized spacial score (nSPS) is 10.2. The molecule has 6 heteroatoms. The molecule has 0 aliphatic rings. The van der Waals surface area contributed by atoms with E-state index in [9.17, 15) is 4.79 Å². The highest BCUT2D eigenvalue weighted by molar-refractivity contribution is 7.80. The predicted octanol–water partition coefficient (Wildman–Crippen LogP) is 4.27. The zero-order valence-corrected chi connectivity index (χ0v) is 14.6. The van der Waals surface area contributed by atoms with Crippen molar-refractivity contribution >= 4 is 45.3 Å². The molecule has 0 radical (unpaired) electrons.